The van der Waals surface area contributed by atoms with Gasteiger partial charge in [-0.3, -0.25) is 0 Å². The molecule has 1 heterocycles. The predicted octanol–water partition coefficient (Wildman–Crippen LogP) is 2.59. The van der Waals surface area contributed by atoms with Gasteiger partial charge in [-0.15, -0.1) is 0 Å². The van der Waals surface area contributed by atoms with E-state index in [1.54, 1.807) is 18.2 Å². The van der Waals surface area contributed by atoms with Gasteiger partial charge in [0.05, 0.1) is 18.6 Å². The zero-order chi connectivity index (χ0) is 13.3. The summed E-state index contributed by atoms with van der Waals surface area (Å²) in [6.07, 6.45) is -0.0874. The van der Waals surface area contributed by atoms with Crippen LogP contribution in [0.4, 0.5) is 5.69 Å². The van der Waals surface area contributed by atoms with Crippen LogP contribution in [0.2, 0.25) is 0 Å². The standard InChI is InChI=1S/C13H15NO4/c1-7(2)17-11-9-6-8(14)4-5-10(9)18-12(11)13(15)16-3/h4-7H,14H2,1-3H3. The number of methoxy groups -OCH3 is 1. The van der Waals surface area contributed by atoms with E-state index < -0.39 is 5.97 Å². The summed E-state index contributed by atoms with van der Waals surface area (Å²) in [4.78, 5) is 11.6. The molecule has 0 amide bonds. The minimum absolute atomic E-state index is 0.0619. The number of hydrogen-bond donors (Lipinski definition) is 1. The largest absolute Gasteiger partial charge is 0.486 e. The molecule has 0 saturated carbocycles. The zero-order valence-electron chi connectivity index (χ0n) is 10.5. The van der Waals surface area contributed by atoms with Crippen molar-refractivity contribution < 1.29 is 18.7 Å². The molecule has 18 heavy (non-hydrogen) atoms. The summed E-state index contributed by atoms with van der Waals surface area (Å²) in [7, 11) is 1.29. The number of nitrogens with two attached hydrogens (primary N) is 1. The molecule has 0 saturated heterocycles. The van der Waals surface area contributed by atoms with Gasteiger partial charge in [-0.2, -0.15) is 0 Å². The Morgan fingerprint density at radius 1 is 1.39 bits per heavy atom. The number of rotatable bonds is 3. The Morgan fingerprint density at radius 2 is 2.11 bits per heavy atom. The van der Waals surface area contributed by atoms with E-state index in [-0.39, 0.29) is 11.9 Å². The molecule has 2 rings (SSSR count). The number of hydrogen-bond acceptors (Lipinski definition) is 5. The van der Waals surface area contributed by atoms with E-state index in [1.165, 1.54) is 7.11 Å². The van der Waals surface area contributed by atoms with Crippen LogP contribution in [0.3, 0.4) is 0 Å². The van der Waals surface area contributed by atoms with Crippen LogP contribution in [0.15, 0.2) is 22.6 Å². The fraction of sp³-hybridized carbons (Fsp3) is 0.308. The first kappa shape index (κ1) is 12.3. The number of ether oxygens (including phenoxy) is 2. The molecule has 0 aliphatic carbocycles. The van der Waals surface area contributed by atoms with Crippen LogP contribution in [0.25, 0.3) is 11.0 Å². The van der Waals surface area contributed by atoms with Gasteiger partial charge in [0, 0.05) is 5.69 Å². The van der Waals surface area contributed by atoms with Gasteiger partial charge in [0.15, 0.2) is 5.75 Å². The zero-order valence-corrected chi connectivity index (χ0v) is 10.5. The van der Waals surface area contributed by atoms with E-state index in [0.717, 1.165) is 0 Å². The van der Waals surface area contributed by atoms with Gasteiger partial charge in [-0.25, -0.2) is 4.79 Å². The maximum absolute atomic E-state index is 11.6. The normalized spacial score (nSPS) is 10.9. The fourth-order valence-electron chi connectivity index (χ4n) is 1.67. The molecule has 2 N–H and O–H groups in total. The van der Waals surface area contributed by atoms with Gasteiger partial charge in [0.25, 0.3) is 5.76 Å². The summed E-state index contributed by atoms with van der Waals surface area (Å²) < 4.78 is 15.8. The highest BCUT2D eigenvalue weighted by Gasteiger charge is 2.23. The minimum atomic E-state index is -0.569. The minimum Gasteiger partial charge on any atom is -0.486 e. The second-order valence-corrected chi connectivity index (χ2v) is 4.17. The number of anilines is 1. The summed E-state index contributed by atoms with van der Waals surface area (Å²) in [5, 5.41) is 0.670. The Kier molecular flexibility index (Phi) is 3.14. The molecule has 0 aliphatic heterocycles. The highest BCUT2D eigenvalue weighted by atomic mass is 16.5. The maximum Gasteiger partial charge on any atom is 0.377 e. The molecule has 0 fully saturated rings. The summed E-state index contributed by atoms with van der Waals surface area (Å²) in [5.41, 5.74) is 6.85. The molecule has 0 radical (unpaired) electrons. The van der Waals surface area contributed by atoms with Crippen molar-refractivity contribution in [3.8, 4) is 5.75 Å². The highest BCUT2D eigenvalue weighted by Crippen LogP contribution is 2.35. The Morgan fingerprint density at radius 3 is 2.72 bits per heavy atom. The third-order valence-corrected chi connectivity index (χ3v) is 2.39. The summed E-state index contributed by atoms with van der Waals surface area (Å²) in [5.74, 6) is -0.133. The molecule has 0 spiro atoms. The van der Waals surface area contributed by atoms with Crippen LogP contribution in [-0.4, -0.2) is 19.2 Å². The first-order chi connectivity index (χ1) is 8.52. The number of carbonyl (C=O) groups excluding carboxylic acids is 1. The smallest absolute Gasteiger partial charge is 0.377 e. The van der Waals surface area contributed by atoms with Crippen molar-refractivity contribution in [3.05, 3.63) is 24.0 Å². The van der Waals surface area contributed by atoms with Crippen molar-refractivity contribution in [2.75, 3.05) is 12.8 Å². The topological polar surface area (TPSA) is 74.7 Å². The number of benzene rings is 1. The lowest BCUT2D eigenvalue weighted by atomic mass is 10.2. The SMILES string of the molecule is COC(=O)c1oc2ccc(N)cc2c1OC(C)C. The summed E-state index contributed by atoms with van der Waals surface area (Å²) in [6.45, 7) is 3.73. The lowest BCUT2D eigenvalue weighted by Gasteiger charge is -2.09. The van der Waals surface area contributed by atoms with E-state index in [4.69, 9.17) is 14.9 Å². The van der Waals surface area contributed by atoms with Crippen LogP contribution in [0, 0.1) is 0 Å². The third kappa shape index (κ3) is 2.11. The molecule has 0 bridgehead atoms. The van der Waals surface area contributed by atoms with Gasteiger partial charge < -0.3 is 19.6 Å². The first-order valence-electron chi connectivity index (χ1n) is 5.60. The fourth-order valence-corrected chi connectivity index (χ4v) is 1.67. The average Bonchev–Trinajstić information content (AvgIpc) is 2.66. The Balaban J connectivity index is 2.65. The van der Waals surface area contributed by atoms with Crippen molar-refractivity contribution >= 4 is 22.6 Å². The molecular weight excluding hydrogens is 234 g/mol. The van der Waals surface area contributed by atoms with E-state index in [9.17, 15) is 4.79 Å². The van der Waals surface area contributed by atoms with Gasteiger partial charge in [-0.1, -0.05) is 0 Å². The van der Waals surface area contributed by atoms with Gasteiger partial charge in [0.1, 0.15) is 5.58 Å². The molecule has 0 atom stereocenters. The molecule has 96 valence electrons. The van der Waals surface area contributed by atoms with Gasteiger partial charge >= 0.3 is 5.97 Å². The first-order valence-corrected chi connectivity index (χ1v) is 5.60. The van der Waals surface area contributed by atoms with Crippen molar-refractivity contribution in [3.63, 3.8) is 0 Å². The van der Waals surface area contributed by atoms with E-state index in [0.29, 0.717) is 22.4 Å². The summed E-state index contributed by atoms with van der Waals surface area (Å²) >= 11 is 0. The number of carbonyl (C=O) groups is 1. The second-order valence-electron chi connectivity index (χ2n) is 4.17. The molecule has 1 aromatic carbocycles. The number of fused-ring (bicyclic) bond motifs is 1. The van der Waals surface area contributed by atoms with Crippen LogP contribution in [0.5, 0.6) is 5.75 Å². The van der Waals surface area contributed by atoms with Crippen LogP contribution >= 0.6 is 0 Å². The molecular formula is C13H15NO4. The lowest BCUT2D eigenvalue weighted by molar-refractivity contribution is 0.0559. The number of furan rings is 1. The monoisotopic (exact) mass is 249 g/mol. The van der Waals surface area contributed by atoms with Crippen molar-refractivity contribution in [2.24, 2.45) is 0 Å². The predicted molar refractivity (Wildman–Crippen MR) is 67.7 cm³/mol. The quantitative estimate of drug-likeness (QED) is 0.668. The molecule has 5 nitrogen and oxygen atoms in total. The van der Waals surface area contributed by atoms with E-state index in [2.05, 4.69) is 4.74 Å². The van der Waals surface area contributed by atoms with E-state index >= 15 is 0 Å². The van der Waals surface area contributed by atoms with E-state index in [1.807, 2.05) is 13.8 Å². The third-order valence-electron chi connectivity index (χ3n) is 2.39. The van der Waals surface area contributed by atoms with Crippen molar-refractivity contribution in [1.82, 2.24) is 0 Å². The van der Waals surface area contributed by atoms with Crippen LogP contribution in [-0.2, 0) is 4.74 Å². The maximum atomic E-state index is 11.6. The Labute approximate surface area is 104 Å². The number of nitrogen functional groups attached to an aromatic ring is 1. The highest BCUT2D eigenvalue weighted by molar-refractivity contribution is 5.99. The molecule has 2 aromatic rings. The van der Waals surface area contributed by atoms with Gasteiger partial charge in [0.2, 0.25) is 0 Å². The Bertz CT molecular complexity index is 586. The van der Waals surface area contributed by atoms with Crippen molar-refractivity contribution in [2.45, 2.75) is 20.0 Å². The molecule has 0 aliphatic rings. The number of esters is 1. The average molecular weight is 249 g/mol. The van der Waals surface area contributed by atoms with Crippen LogP contribution < -0.4 is 10.5 Å². The van der Waals surface area contributed by atoms with Crippen molar-refractivity contribution in [1.29, 1.82) is 0 Å². The lowest BCUT2D eigenvalue weighted by Crippen LogP contribution is -2.09. The van der Waals surface area contributed by atoms with Crippen LogP contribution in [0.1, 0.15) is 24.4 Å². The Hall–Kier alpha value is -2.17. The molecule has 0 unspecified atom stereocenters. The second kappa shape index (κ2) is 4.60. The van der Waals surface area contributed by atoms with Gasteiger partial charge in [-0.05, 0) is 32.0 Å². The summed E-state index contributed by atoms with van der Waals surface area (Å²) in [6, 6.07) is 5.11. The molecule has 1 aromatic heterocycles. The molecule has 5 heteroatoms.